The molecule has 1 unspecified atom stereocenters. The van der Waals surface area contributed by atoms with Crippen LogP contribution in [0.1, 0.15) is 85.2 Å². The third-order valence-electron chi connectivity index (χ3n) is 6.41. The van der Waals surface area contributed by atoms with Crippen LogP contribution in [0.15, 0.2) is 42.6 Å². The number of aryl methyl sites for hydroxylation is 1. The van der Waals surface area contributed by atoms with E-state index in [0.717, 1.165) is 18.4 Å². The Balaban J connectivity index is 1.68. The van der Waals surface area contributed by atoms with Gasteiger partial charge in [0.05, 0.1) is 12.6 Å². The molecule has 3 aromatic rings. The lowest BCUT2D eigenvalue weighted by Gasteiger charge is -2.36. The molecule has 1 atom stereocenters. The van der Waals surface area contributed by atoms with Crippen molar-refractivity contribution in [1.82, 2.24) is 19.5 Å². The van der Waals surface area contributed by atoms with Crippen LogP contribution >= 0.6 is 0 Å². The number of piperidine rings is 1. The third kappa shape index (κ3) is 6.41. The summed E-state index contributed by atoms with van der Waals surface area (Å²) in [6, 6.07) is 9.80. The summed E-state index contributed by atoms with van der Waals surface area (Å²) in [7, 11) is 0. The first-order chi connectivity index (χ1) is 19.0. The van der Waals surface area contributed by atoms with Crippen molar-refractivity contribution in [3.05, 3.63) is 65.2 Å². The highest BCUT2D eigenvalue weighted by molar-refractivity contribution is 6.04. The quantitative estimate of drug-likeness (QED) is 0.329. The zero-order valence-electron chi connectivity index (χ0n) is 23.6. The highest BCUT2D eigenvalue weighted by Gasteiger charge is 2.36. The zero-order chi connectivity index (χ0) is 29.0. The number of hydrogen-bond donors (Lipinski definition) is 2. The number of pyridine rings is 1. The second-order valence-corrected chi connectivity index (χ2v) is 10.7. The van der Waals surface area contributed by atoms with E-state index in [2.05, 4.69) is 10.3 Å². The molecule has 11 nitrogen and oxygen atoms in total. The second kappa shape index (κ2) is 11.8. The first kappa shape index (κ1) is 28.6. The van der Waals surface area contributed by atoms with Crippen molar-refractivity contribution in [3.63, 3.8) is 0 Å². The summed E-state index contributed by atoms with van der Waals surface area (Å²) in [6.07, 6.45) is 3.46. The van der Waals surface area contributed by atoms with E-state index in [0.29, 0.717) is 41.4 Å². The van der Waals surface area contributed by atoms with E-state index in [4.69, 9.17) is 20.3 Å². The number of rotatable bonds is 6. The molecule has 0 saturated carbocycles. The van der Waals surface area contributed by atoms with Crippen LogP contribution in [-0.2, 0) is 9.47 Å². The van der Waals surface area contributed by atoms with E-state index < -0.39 is 23.7 Å². The molecule has 3 N–H and O–H groups in total. The minimum Gasteiger partial charge on any atom is -0.461 e. The summed E-state index contributed by atoms with van der Waals surface area (Å²) in [5.74, 6) is 6.32. The lowest BCUT2D eigenvalue weighted by molar-refractivity contribution is 0.00820. The van der Waals surface area contributed by atoms with Gasteiger partial charge >= 0.3 is 12.1 Å². The van der Waals surface area contributed by atoms with Crippen LogP contribution in [0, 0.1) is 6.92 Å². The average Bonchev–Trinajstić information content (AvgIpc) is 3.25. The molecule has 4 rings (SSSR count). The van der Waals surface area contributed by atoms with E-state index >= 15 is 0 Å². The average molecular weight is 549 g/mol. The van der Waals surface area contributed by atoms with Gasteiger partial charge in [0.15, 0.2) is 11.5 Å². The zero-order valence-corrected chi connectivity index (χ0v) is 23.6. The molecule has 0 radical (unpaired) electrons. The van der Waals surface area contributed by atoms with Crippen LogP contribution in [0.3, 0.4) is 0 Å². The number of carbonyl (C=O) groups is 3. The number of aromatic nitrogens is 3. The summed E-state index contributed by atoms with van der Waals surface area (Å²) in [6.45, 7) is 9.69. The number of ether oxygens (including phenoxy) is 2. The fourth-order valence-corrected chi connectivity index (χ4v) is 4.59. The monoisotopic (exact) mass is 548 g/mol. The Morgan fingerprint density at radius 2 is 1.85 bits per heavy atom. The van der Waals surface area contributed by atoms with Gasteiger partial charge in [0, 0.05) is 23.9 Å². The maximum atomic E-state index is 13.0. The predicted molar refractivity (Wildman–Crippen MR) is 150 cm³/mol. The third-order valence-corrected chi connectivity index (χ3v) is 6.41. The van der Waals surface area contributed by atoms with E-state index in [1.54, 1.807) is 48.4 Å². The minimum atomic E-state index is -0.665. The summed E-state index contributed by atoms with van der Waals surface area (Å²) in [4.78, 5) is 49.4. The molecule has 11 heteroatoms. The number of hydrogen-bond acceptors (Lipinski definition) is 8. The van der Waals surface area contributed by atoms with Crippen molar-refractivity contribution >= 4 is 23.8 Å². The molecule has 1 aliphatic heterocycles. The summed E-state index contributed by atoms with van der Waals surface area (Å²) in [5, 5.41) is 2.78. The number of nitrogens with one attached hydrogen (secondary N) is 1. The summed E-state index contributed by atoms with van der Waals surface area (Å²) >= 11 is 0. The number of amides is 2. The van der Waals surface area contributed by atoms with E-state index in [-0.39, 0.29) is 18.2 Å². The van der Waals surface area contributed by atoms with E-state index in [9.17, 15) is 14.4 Å². The standard InChI is InChI=1S/C29H36N6O5/c1-6-39-27(37)24-23(19-10-12-20(13-11-19)26(36)32-22-17-18(2)14-15-31-22)33-25(35(24)30)21-9-7-8-16-34(21)28(38)40-29(3,4)5/h10-15,17,21H,6-9,16,30H2,1-5H3,(H,31,32,36). The molecule has 2 amide bonds. The van der Waals surface area contributed by atoms with Crippen molar-refractivity contribution in [3.8, 4) is 11.3 Å². The number of nitrogens with zero attached hydrogens (tertiary/aromatic N) is 4. The molecule has 2 aromatic heterocycles. The van der Waals surface area contributed by atoms with Crippen LogP contribution in [0.2, 0.25) is 0 Å². The van der Waals surface area contributed by atoms with E-state index in [1.165, 1.54) is 4.68 Å². The first-order valence-electron chi connectivity index (χ1n) is 13.4. The molecule has 3 heterocycles. The molecule has 1 aliphatic rings. The fourth-order valence-electron chi connectivity index (χ4n) is 4.59. The molecule has 0 bridgehead atoms. The fraction of sp³-hybridized carbons (Fsp3) is 0.414. The molecule has 212 valence electrons. The second-order valence-electron chi connectivity index (χ2n) is 10.7. The maximum Gasteiger partial charge on any atom is 0.410 e. The van der Waals surface area contributed by atoms with Gasteiger partial charge in [-0.1, -0.05) is 12.1 Å². The minimum absolute atomic E-state index is 0.0627. The Kier molecular flexibility index (Phi) is 8.41. The largest absolute Gasteiger partial charge is 0.461 e. The highest BCUT2D eigenvalue weighted by atomic mass is 16.6. The van der Waals surface area contributed by atoms with Gasteiger partial charge in [-0.3, -0.25) is 9.69 Å². The van der Waals surface area contributed by atoms with Crippen LogP contribution in [0.5, 0.6) is 0 Å². The van der Waals surface area contributed by atoms with Crippen molar-refractivity contribution < 1.29 is 23.9 Å². The number of imidazole rings is 1. The van der Waals surface area contributed by atoms with Gasteiger partial charge in [0.25, 0.3) is 5.91 Å². The van der Waals surface area contributed by atoms with Gasteiger partial charge < -0.3 is 20.6 Å². The SMILES string of the molecule is CCOC(=O)c1c(-c2ccc(C(=O)Nc3cc(C)ccn3)cc2)nc(C2CCCCN2C(=O)OC(C)(C)C)n1N. The number of nitrogens with two attached hydrogens (primary N) is 1. The van der Waals surface area contributed by atoms with E-state index in [1.807, 2.05) is 33.8 Å². The Hall–Kier alpha value is -4.41. The Morgan fingerprint density at radius 3 is 2.50 bits per heavy atom. The predicted octanol–water partition coefficient (Wildman–Crippen LogP) is 4.86. The first-order valence-corrected chi connectivity index (χ1v) is 13.4. The van der Waals surface area contributed by atoms with Crippen molar-refractivity contribution in [2.24, 2.45) is 0 Å². The smallest absolute Gasteiger partial charge is 0.410 e. The lowest BCUT2D eigenvalue weighted by atomic mass is 10.0. The maximum absolute atomic E-state index is 13.0. The van der Waals surface area contributed by atoms with Crippen LogP contribution in [-0.4, -0.2) is 56.3 Å². The summed E-state index contributed by atoms with van der Waals surface area (Å²) < 4.78 is 12.1. The number of carbonyl (C=O) groups excluding carboxylic acids is 3. The van der Waals surface area contributed by atoms with Gasteiger partial charge in [-0.25, -0.2) is 24.2 Å². The molecule has 40 heavy (non-hydrogen) atoms. The van der Waals surface area contributed by atoms with Crippen molar-refractivity contribution in [1.29, 1.82) is 0 Å². The number of likely N-dealkylation sites (tertiary alicyclic amines) is 1. The van der Waals surface area contributed by atoms with Gasteiger partial charge in [-0.2, -0.15) is 0 Å². The molecule has 1 aromatic carbocycles. The van der Waals surface area contributed by atoms with Crippen LogP contribution in [0.25, 0.3) is 11.3 Å². The number of benzene rings is 1. The van der Waals surface area contributed by atoms with Gasteiger partial charge in [0.1, 0.15) is 17.1 Å². The Bertz CT molecular complexity index is 1390. The molecule has 1 saturated heterocycles. The molecule has 0 spiro atoms. The van der Waals surface area contributed by atoms with Gasteiger partial charge in [0.2, 0.25) is 0 Å². The number of nitrogen functional groups attached to an aromatic ring is 1. The lowest BCUT2D eigenvalue weighted by Crippen LogP contribution is -2.43. The van der Waals surface area contributed by atoms with Gasteiger partial charge in [-0.15, -0.1) is 0 Å². The highest BCUT2D eigenvalue weighted by Crippen LogP contribution is 2.35. The number of anilines is 1. The topological polar surface area (TPSA) is 142 Å². The van der Waals surface area contributed by atoms with Crippen molar-refractivity contribution in [2.45, 2.75) is 65.5 Å². The molecule has 0 aliphatic carbocycles. The van der Waals surface area contributed by atoms with Crippen LogP contribution in [0.4, 0.5) is 10.6 Å². The normalized spacial score (nSPS) is 15.4. The molecular formula is C29H36N6O5. The van der Waals surface area contributed by atoms with Crippen LogP contribution < -0.4 is 11.2 Å². The van der Waals surface area contributed by atoms with Crippen molar-refractivity contribution in [2.75, 3.05) is 24.3 Å². The number of esters is 1. The summed E-state index contributed by atoms with van der Waals surface area (Å²) in [5.41, 5.74) is 1.65. The molecule has 1 fully saturated rings. The Labute approximate surface area is 233 Å². The van der Waals surface area contributed by atoms with Gasteiger partial charge in [-0.05, 0) is 83.7 Å². The Morgan fingerprint density at radius 1 is 1.12 bits per heavy atom. The molecular weight excluding hydrogens is 512 g/mol.